The Labute approximate surface area is 183 Å². The second-order valence-electron chi connectivity index (χ2n) is 8.22. The molecule has 0 aliphatic carbocycles. The van der Waals surface area contributed by atoms with Crippen molar-refractivity contribution < 1.29 is 9.53 Å². The molecule has 2 aromatic carbocycles. The number of halogens is 1. The fraction of sp³-hybridized carbons (Fsp3) is 0.417. The summed E-state index contributed by atoms with van der Waals surface area (Å²) in [7, 11) is 1.65. The van der Waals surface area contributed by atoms with E-state index in [0.717, 1.165) is 54.4 Å². The Balaban J connectivity index is 1.59. The molecule has 30 heavy (non-hydrogen) atoms. The van der Waals surface area contributed by atoms with Gasteiger partial charge in [-0.15, -0.1) is 0 Å². The SMILES string of the molecule is COc1ccc(C2CC(c3ccccc3Cl)=NN2C(=O)CN2CCC(C)CC2)cc1. The molecule has 0 radical (unpaired) electrons. The third-order valence-corrected chi connectivity index (χ3v) is 6.42. The van der Waals surface area contributed by atoms with Crippen LogP contribution in [0.25, 0.3) is 0 Å². The van der Waals surface area contributed by atoms with E-state index in [1.54, 1.807) is 12.1 Å². The first-order chi connectivity index (χ1) is 14.5. The average Bonchev–Trinajstić information content (AvgIpc) is 3.21. The molecule has 0 spiro atoms. The van der Waals surface area contributed by atoms with Gasteiger partial charge < -0.3 is 4.74 Å². The highest BCUT2D eigenvalue weighted by Gasteiger charge is 2.34. The molecule has 2 heterocycles. The lowest BCUT2D eigenvalue weighted by Crippen LogP contribution is -2.41. The third kappa shape index (κ3) is 4.52. The lowest BCUT2D eigenvalue weighted by molar-refractivity contribution is -0.134. The minimum Gasteiger partial charge on any atom is -0.497 e. The molecule has 5 nitrogen and oxygen atoms in total. The van der Waals surface area contributed by atoms with Crippen LogP contribution in [0.3, 0.4) is 0 Å². The number of ether oxygens (including phenoxy) is 1. The minimum atomic E-state index is -0.140. The van der Waals surface area contributed by atoms with Gasteiger partial charge >= 0.3 is 0 Å². The lowest BCUT2D eigenvalue weighted by Gasteiger charge is -2.31. The molecule has 6 heteroatoms. The van der Waals surface area contributed by atoms with Crippen molar-refractivity contribution in [2.45, 2.75) is 32.2 Å². The maximum absolute atomic E-state index is 13.3. The average molecular weight is 426 g/mol. The monoisotopic (exact) mass is 425 g/mol. The first-order valence-electron chi connectivity index (χ1n) is 10.6. The number of carbonyl (C=O) groups excluding carboxylic acids is 1. The van der Waals surface area contributed by atoms with Gasteiger partial charge in [-0.1, -0.05) is 48.9 Å². The van der Waals surface area contributed by atoms with Crippen LogP contribution in [0.1, 0.15) is 43.4 Å². The molecule has 4 rings (SSSR count). The summed E-state index contributed by atoms with van der Waals surface area (Å²) in [5.41, 5.74) is 2.78. The van der Waals surface area contributed by atoms with Crippen molar-refractivity contribution in [3.8, 4) is 5.75 Å². The number of nitrogens with zero attached hydrogens (tertiary/aromatic N) is 3. The van der Waals surface area contributed by atoms with E-state index in [2.05, 4.69) is 11.8 Å². The van der Waals surface area contributed by atoms with Crippen LogP contribution in [0.15, 0.2) is 53.6 Å². The van der Waals surface area contributed by atoms with E-state index in [4.69, 9.17) is 21.4 Å². The molecule has 1 saturated heterocycles. The largest absolute Gasteiger partial charge is 0.497 e. The van der Waals surface area contributed by atoms with Crippen molar-refractivity contribution in [3.05, 3.63) is 64.7 Å². The van der Waals surface area contributed by atoms with E-state index in [1.165, 1.54) is 0 Å². The second kappa shape index (κ2) is 9.19. The highest BCUT2D eigenvalue weighted by Crippen LogP contribution is 2.35. The molecular weight excluding hydrogens is 398 g/mol. The van der Waals surface area contributed by atoms with Crippen molar-refractivity contribution >= 4 is 23.2 Å². The van der Waals surface area contributed by atoms with Gasteiger partial charge in [0.25, 0.3) is 5.91 Å². The van der Waals surface area contributed by atoms with Crippen LogP contribution in [0, 0.1) is 5.92 Å². The number of hydrazone groups is 1. The quantitative estimate of drug-likeness (QED) is 0.693. The maximum atomic E-state index is 13.3. The number of piperidine rings is 1. The Hall–Kier alpha value is -2.37. The van der Waals surface area contributed by atoms with Gasteiger partial charge in [0.1, 0.15) is 5.75 Å². The third-order valence-electron chi connectivity index (χ3n) is 6.09. The van der Waals surface area contributed by atoms with Gasteiger partial charge in [-0.25, -0.2) is 5.01 Å². The van der Waals surface area contributed by atoms with Crippen molar-refractivity contribution in [1.29, 1.82) is 0 Å². The van der Waals surface area contributed by atoms with Gasteiger partial charge in [0.05, 0.1) is 25.4 Å². The Bertz CT molecular complexity index is 920. The molecule has 2 aliphatic heterocycles. The van der Waals surface area contributed by atoms with Gasteiger partial charge in [0.2, 0.25) is 0 Å². The first-order valence-corrected chi connectivity index (χ1v) is 10.9. The van der Waals surface area contributed by atoms with E-state index >= 15 is 0 Å². The van der Waals surface area contributed by atoms with Crippen molar-refractivity contribution in [1.82, 2.24) is 9.91 Å². The lowest BCUT2D eigenvalue weighted by atomic mass is 9.98. The van der Waals surface area contributed by atoms with Crippen LogP contribution in [0.4, 0.5) is 0 Å². The van der Waals surface area contributed by atoms with E-state index < -0.39 is 0 Å². The molecule has 1 amide bonds. The summed E-state index contributed by atoms with van der Waals surface area (Å²) >= 11 is 6.43. The number of methoxy groups -OCH3 is 1. The Kier molecular flexibility index (Phi) is 6.40. The normalized spacial score (nSPS) is 20.3. The number of likely N-dealkylation sites (tertiary alicyclic amines) is 1. The topological polar surface area (TPSA) is 45.1 Å². The van der Waals surface area contributed by atoms with E-state index in [1.807, 2.05) is 48.5 Å². The van der Waals surface area contributed by atoms with Crippen molar-refractivity contribution in [3.63, 3.8) is 0 Å². The number of benzene rings is 2. The van der Waals surface area contributed by atoms with Crippen LogP contribution in [-0.2, 0) is 4.79 Å². The summed E-state index contributed by atoms with van der Waals surface area (Å²) in [6.07, 6.45) is 2.92. The van der Waals surface area contributed by atoms with Crippen LogP contribution >= 0.6 is 11.6 Å². The predicted octanol–water partition coefficient (Wildman–Crippen LogP) is 4.76. The predicted molar refractivity (Wildman–Crippen MR) is 120 cm³/mol. The summed E-state index contributed by atoms with van der Waals surface area (Å²) in [5.74, 6) is 1.57. The Morgan fingerprint density at radius 2 is 1.83 bits per heavy atom. The second-order valence-corrected chi connectivity index (χ2v) is 8.62. The van der Waals surface area contributed by atoms with Gasteiger partial charge in [-0.2, -0.15) is 5.10 Å². The highest BCUT2D eigenvalue weighted by atomic mass is 35.5. The number of hydrogen-bond acceptors (Lipinski definition) is 4. The minimum absolute atomic E-state index is 0.0347. The van der Waals surface area contributed by atoms with Crippen LogP contribution < -0.4 is 4.74 Å². The fourth-order valence-corrected chi connectivity index (χ4v) is 4.41. The standard InChI is InChI=1S/C24H28ClN3O2/c1-17-11-13-27(14-12-17)16-24(29)28-23(18-7-9-19(30-2)10-8-18)15-22(26-28)20-5-3-4-6-21(20)25/h3-10,17,23H,11-16H2,1-2H3. The smallest absolute Gasteiger partial charge is 0.257 e. The number of carbonyl (C=O) groups is 1. The zero-order valence-electron chi connectivity index (χ0n) is 17.6. The molecule has 1 atom stereocenters. The molecule has 2 aliphatic rings. The molecule has 1 fully saturated rings. The van der Waals surface area contributed by atoms with E-state index in [9.17, 15) is 4.79 Å². The fourth-order valence-electron chi connectivity index (χ4n) is 4.17. The van der Waals surface area contributed by atoms with Gasteiger partial charge in [0.15, 0.2) is 0 Å². The van der Waals surface area contributed by atoms with Gasteiger partial charge in [-0.3, -0.25) is 9.69 Å². The summed E-state index contributed by atoms with van der Waals surface area (Å²) in [4.78, 5) is 15.5. The van der Waals surface area contributed by atoms with Gasteiger partial charge in [-0.05, 0) is 55.6 Å². The van der Waals surface area contributed by atoms with E-state index in [-0.39, 0.29) is 11.9 Å². The Morgan fingerprint density at radius 3 is 2.50 bits per heavy atom. The first kappa shape index (κ1) is 20.9. The van der Waals surface area contributed by atoms with Crippen LogP contribution in [-0.4, -0.2) is 48.3 Å². The summed E-state index contributed by atoms with van der Waals surface area (Å²) < 4.78 is 5.29. The van der Waals surface area contributed by atoms with Gasteiger partial charge in [0, 0.05) is 17.0 Å². The molecule has 0 bridgehead atoms. The molecule has 0 N–H and O–H groups in total. The summed E-state index contributed by atoms with van der Waals surface area (Å²) in [6.45, 7) is 4.61. The molecule has 1 unspecified atom stereocenters. The number of hydrogen-bond donors (Lipinski definition) is 0. The molecule has 0 aromatic heterocycles. The summed E-state index contributed by atoms with van der Waals surface area (Å²) in [6, 6.07) is 15.4. The molecule has 0 saturated carbocycles. The van der Waals surface area contributed by atoms with Crippen molar-refractivity contribution in [2.24, 2.45) is 11.0 Å². The van der Waals surface area contributed by atoms with Crippen LogP contribution in [0.2, 0.25) is 5.02 Å². The molecular formula is C24H28ClN3O2. The highest BCUT2D eigenvalue weighted by molar-refractivity contribution is 6.34. The Morgan fingerprint density at radius 1 is 1.13 bits per heavy atom. The maximum Gasteiger partial charge on any atom is 0.257 e. The number of rotatable bonds is 5. The van der Waals surface area contributed by atoms with E-state index in [0.29, 0.717) is 18.0 Å². The zero-order valence-corrected chi connectivity index (χ0v) is 18.3. The molecule has 2 aromatic rings. The zero-order chi connectivity index (χ0) is 21.1. The number of amides is 1. The van der Waals surface area contributed by atoms with Crippen molar-refractivity contribution in [2.75, 3.05) is 26.7 Å². The van der Waals surface area contributed by atoms with Crippen LogP contribution in [0.5, 0.6) is 5.75 Å². The summed E-state index contributed by atoms with van der Waals surface area (Å²) in [5, 5.41) is 7.08. The molecule has 158 valence electrons.